The Hall–Kier alpha value is -5.59. The number of rotatable bonds is 9. The number of nitrogens with zero attached hydrogens (tertiary/aromatic N) is 1. The maximum Gasteiger partial charge on any atom is 0.343 e. The predicted octanol–water partition coefficient (Wildman–Crippen LogP) is 5.21. The molecule has 272 valence electrons. The van der Waals surface area contributed by atoms with Crippen LogP contribution in [0.4, 0.5) is 5.69 Å². The van der Waals surface area contributed by atoms with Crippen LogP contribution in [-0.2, 0) is 20.7 Å². The second-order valence-corrected chi connectivity index (χ2v) is 14.4. The van der Waals surface area contributed by atoms with Gasteiger partial charge in [0.05, 0.1) is 36.4 Å². The topological polar surface area (TPSA) is 202 Å². The van der Waals surface area contributed by atoms with E-state index in [0.717, 1.165) is 0 Å². The lowest BCUT2D eigenvalue weighted by Gasteiger charge is -2.33. The number of methoxy groups -OCH3 is 1. The predicted molar refractivity (Wildman–Crippen MR) is 191 cm³/mol. The second-order valence-electron chi connectivity index (χ2n) is 14.4. The SMILES string of the molecule is COc1ccc(CC(C(=O)O)c2cc3c(c(C(=O)NCC(=O)OC(C)(C)C)c2)OCC[C@@H](C(C)(C)C)c2cc(N=C(N)N)ccc2C(=O)O3)cc1. The van der Waals surface area contributed by atoms with E-state index in [1.165, 1.54) is 19.2 Å². The lowest BCUT2D eigenvalue weighted by atomic mass is 9.73. The van der Waals surface area contributed by atoms with Gasteiger partial charge in [-0.05, 0) is 104 Å². The zero-order valence-corrected chi connectivity index (χ0v) is 30.0. The summed E-state index contributed by atoms with van der Waals surface area (Å²) in [7, 11) is 1.53. The first-order valence-electron chi connectivity index (χ1n) is 16.5. The summed E-state index contributed by atoms with van der Waals surface area (Å²) < 4.78 is 22.8. The Labute approximate surface area is 297 Å². The van der Waals surface area contributed by atoms with Gasteiger partial charge in [-0.1, -0.05) is 32.9 Å². The minimum atomic E-state index is -1.18. The van der Waals surface area contributed by atoms with Gasteiger partial charge in [0.2, 0.25) is 0 Å². The number of fused-ring (bicyclic) bond motifs is 2. The standard InChI is InChI=1S/C38H46N4O9/c1-37(2,3)29-14-15-49-32-28(33(44)41-20-31(43)51-38(4,5)6)17-22(26(34(45)46)16-21-8-11-24(48-7)12-9-21)18-30(32)50-35(47)25-13-10-23(19-27(25)29)42-36(39)40/h8-13,17-19,26,29H,14-16,20H2,1-7H3,(H,41,44)(H,45,46)(H4,39,40,42)/t26?,29-/m1/s1. The van der Waals surface area contributed by atoms with Crippen LogP contribution < -0.4 is 31.0 Å². The average molecular weight is 703 g/mol. The molecule has 6 N–H and O–H groups in total. The molecule has 1 heterocycles. The Morgan fingerprint density at radius 1 is 1.02 bits per heavy atom. The number of esters is 2. The van der Waals surface area contributed by atoms with Crippen molar-refractivity contribution in [3.8, 4) is 17.2 Å². The van der Waals surface area contributed by atoms with E-state index in [-0.39, 0.29) is 58.5 Å². The van der Waals surface area contributed by atoms with Crippen molar-refractivity contribution < 1.29 is 43.2 Å². The van der Waals surface area contributed by atoms with E-state index in [1.54, 1.807) is 63.2 Å². The summed E-state index contributed by atoms with van der Waals surface area (Å²) in [5.41, 5.74) is 12.2. The average Bonchev–Trinajstić information content (AvgIpc) is 3.03. The third kappa shape index (κ3) is 9.99. The highest BCUT2D eigenvalue weighted by Gasteiger charge is 2.34. The van der Waals surface area contributed by atoms with Crippen LogP contribution in [0.15, 0.2) is 59.6 Å². The number of nitrogens with one attached hydrogen (secondary N) is 1. The molecule has 0 aliphatic carbocycles. The fourth-order valence-electron chi connectivity index (χ4n) is 5.92. The zero-order valence-electron chi connectivity index (χ0n) is 30.0. The molecule has 13 nitrogen and oxygen atoms in total. The molecule has 1 amide bonds. The summed E-state index contributed by atoms with van der Waals surface area (Å²) in [5.74, 6) is -4.57. The highest BCUT2D eigenvalue weighted by molar-refractivity contribution is 6.01. The number of benzene rings is 3. The number of carbonyl (C=O) groups excluding carboxylic acids is 3. The summed E-state index contributed by atoms with van der Waals surface area (Å²) in [5, 5.41) is 13.0. The van der Waals surface area contributed by atoms with Crippen molar-refractivity contribution in [2.45, 2.75) is 71.8 Å². The zero-order chi connectivity index (χ0) is 37.7. The van der Waals surface area contributed by atoms with Crippen LogP contribution in [0.1, 0.15) is 97.2 Å². The molecule has 0 aromatic heterocycles. The molecule has 0 bridgehead atoms. The van der Waals surface area contributed by atoms with Crippen molar-refractivity contribution in [3.05, 3.63) is 82.4 Å². The minimum Gasteiger partial charge on any atom is -0.497 e. The van der Waals surface area contributed by atoms with Gasteiger partial charge < -0.3 is 40.8 Å². The number of nitrogens with two attached hydrogens (primary N) is 2. The van der Waals surface area contributed by atoms with Gasteiger partial charge in [0.25, 0.3) is 5.91 Å². The number of amides is 1. The molecular formula is C38H46N4O9. The normalized spacial score (nSPS) is 15.1. The van der Waals surface area contributed by atoms with Crippen LogP contribution in [0.3, 0.4) is 0 Å². The Kier molecular flexibility index (Phi) is 11.6. The number of ether oxygens (including phenoxy) is 4. The van der Waals surface area contributed by atoms with Crippen molar-refractivity contribution in [1.29, 1.82) is 0 Å². The summed E-state index contributed by atoms with van der Waals surface area (Å²) in [6, 6.07) is 14.6. The lowest BCUT2D eigenvalue weighted by Crippen LogP contribution is -2.35. The van der Waals surface area contributed by atoms with Crippen molar-refractivity contribution in [3.63, 3.8) is 0 Å². The van der Waals surface area contributed by atoms with Gasteiger partial charge >= 0.3 is 17.9 Å². The third-order valence-corrected chi connectivity index (χ3v) is 8.22. The molecule has 0 saturated carbocycles. The summed E-state index contributed by atoms with van der Waals surface area (Å²) in [4.78, 5) is 57.3. The van der Waals surface area contributed by atoms with Gasteiger partial charge in [0.1, 0.15) is 17.9 Å². The van der Waals surface area contributed by atoms with Gasteiger partial charge in [-0.25, -0.2) is 9.79 Å². The van der Waals surface area contributed by atoms with E-state index in [4.69, 9.17) is 30.4 Å². The van der Waals surface area contributed by atoms with E-state index in [0.29, 0.717) is 29.0 Å². The Morgan fingerprint density at radius 2 is 1.71 bits per heavy atom. The first-order valence-corrected chi connectivity index (χ1v) is 16.5. The van der Waals surface area contributed by atoms with Gasteiger partial charge in [-0.3, -0.25) is 14.4 Å². The molecule has 1 unspecified atom stereocenters. The Balaban J connectivity index is 1.86. The van der Waals surface area contributed by atoms with Crippen LogP contribution in [0, 0.1) is 5.41 Å². The highest BCUT2D eigenvalue weighted by atomic mass is 16.6. The monoisotopic (exact) mass is 702 g/mol. The Morgan fingerprint density at radius 3 is 2.29 bits per heavy atom. The summed E-state index contributed by atoms with van der Waals surface area (Å²) in [6.45, 7) is 10.8. The molecule has 3 aromatic rings. The number of carboxylic acid groups (broad SMARTS) is 1. The van der Waals surface area contributed by atoms with Crippen LogP contribution >= 0.6 is 0 Å². The molecule has 3 aromatic carbocycles. The van der Waals surface area contributed by atoms with Crippen LogP contribution in [-0.4, -0.2) is 60.7 Å². The van der Waals surface area contributed by atoms with Crippen molar-refractivity contribution in [2.75, 3.05) is 20.3 Å². The molecule has 0 saturated heterocycles. The smallest absolute Gasteiger partial charge is 0.343 e. The molecule has 2 atom stereocenters. The van der Waals surface area contributed by atoms with Crippen molar-refractivity contribution in [1.82, 2.24) is 5.32 Å². The molecule has 0 radical (unpaired) electrons. The Bertz CT molecular complexity index is 1820. The molecule has 1 aliphatic rings. The molecule has 13 heteroatoms. The molecular weight excluding hydrogens is 656 g/mol. The molecule has 0 spiro atoms. The van der Waals surface area contributed by atoms with E-state index in [2.05, 4.69) is 10.3 Å². The number of aliphatic imine (C=N–C) groups is 1. The summed E-state index contributed by atoms with van der Waals surface area (Å²) >= 11 is 0. The van der Waals surface area contributed by atoms with E-state index < -0.39 is 41.9 Å². The minimum absolute atomic E-state index is 0.0373. The van der Waals surface area contributed by atoms with Crippen molar-refractivity contribution in [2.24, 2.45) is 21.9 Å². The van der Waals surface area contributed by atoms with Crippen LogP contribution in [0.5, 0.6) is 17.2 Å². The van der Waals surface area contributed by atoms with Crippen molar-refractivity contribution >= 4 is 35.5 Å². The molecule has 1 aliphatic heterocycles. The van der Waals surface area contributed by atoms with Crippen LogP contribution in [0.2, 0.25) is 0 Å². The maximum absolute atomic E-state index is 14.0. The van der Waals surface area contributed by atoms with Gasteiger partial charge in [0.15, 0.2) is 17.5 Å². The van der Waals surface area contributed by atoms with Crippen LogP contribution in [0.25, 0.3) is 0 Å². The number of carbonyl (C=O) groups is 4. The number of hydrogen-bond acceptors (Lipinski definition) is 9. The first-order chi connectivity index (χ1) is 23.9. The number of aliphatic carboxylic acids is 1. The number of guanidine groups is 1. The van der Waals surface area contributed by atoms with E-state index >= 15 is 0 Å². The second kappa shape index (κ2) is 15.5. The third-order valence-electron chi connectivity index (χ3n) is 8.22. The van der Waals surface area contributed by atoms with E-state index in [9.17, 15) is 24.3 Å². The lowest BCUT2D eigenvalue weighted by molar-refractivity contribution is -0.153. The quantitative estimate of drug-likeness (QED) is 0.0986. The largest absolute Gasteiger partial charge is 0.497 e. The first kappa shape index (κ1) is 38.2. The highest BCUT2D eigenvalue weighted by Crippen LogP contribution is 2.44. The van der Waals surface area contributed by atoms with Gasteiger partial charge in [0, 0.05) is 0 Å². The fraction of sp³-hybridized carbons (Fsp3) is 0.395. The van der Waals surface area contributed by atoms with Gasteiger partial charge in [-0.15, -0.1) is 0 Å². The maximum atomic E-state index is 14.0. The van der Waals surface area contributed by atoms with Gasteiger partial charge in [-0.2, -0.15) is 0 Å². The number of hydrogen-bond donors (Lipinski definition) is 4. The molecule has 0 fully saturated rings. The molecule has 4 rings (SSSR count). The summed E-state index contributed by atoms with van der Waals surface area (Å²) in [6.07, 6.45) is 0.444. The fourth-order valence-corrected chi connectivity index (χ4v) is 5.92. The van der Waals surface area contributed by atoms with E-state index in [1.807, 2.05) is 20.8 Å². The molecule has 51 heavy (non-hydrogen) atoms. The number of carboxylic acids is 1.